The maximum atomic E-state index is 10.1. The molecular formula is C17H22O2. The van der Waals surface area contributed by atoms with Crippen LogP contribution in [-0.2, 0) is 4.74 Å². The quantitative estimate of drug-likeness (QED) is 0.764. The van der Waals surface area contributed by atoms with Crippen LogP contribution in [0.25, 0.3) is 0 Å². The molecule has 2 heteroatoms. The molecule has 2 unspecified atom stereocenters. The highest BCUT2D eigenvalue weighted by Crippen LogP contribution is 2.52. The maximum absolute atomic E-state index is 10.1. The van der Waals surface area contributed by atoms with Crippen molar-refractivity contribution in [1.29, 1.82) is 0 Å². The first kappa shape index (κ1) is 12.7. The van der Waals surface area contributed by atoms with Gasteiger partial charge in [0, 0.05) is 11.5 Å². The smallest absolute Gasteiger partial charge is 0.121 e. The first-order valence-corrected chi connectivity index (χ1v) is 7.11. The first-order chi connectivity index (χ1) is 8.99. The van der Waals surface area contributed by atoms with Crippen LogP contribution >= 0.6 is 0 Å². The van der Waals surface area contributed by atoms with E-state index in [0.717, 1.165) is 18.4 Å². The predicted octanol–water partition coefficient (Wildman–Crippen LogP) is 4.21. The van der Waals surface area contributed by atoms with Gasteiger partial charge in [-0.15, -0.1) is 0 Å². The summed E-state index contributed by atoms with van der Waals surface area (Å²) in [5, 5.41) is 10.1. The molecule has 1 aromatic rings. The zero-order valence-corrected chi connectivity index (χ0v) is 11.9. The summed E-state index contributed by atoms with van der Waals surface area (Å²) in [4.78, 5) is 0. The Labute approximate surface area is 115 Å². The first-order valence-electron chi connectivity index (χ1n) is 7.11. The molecule has 1 aromatic carbocycles. The number of benzene rings is 1. The van der Waals surface area contributed by atoms with Crippen LogP contribution in [0.1, 0.15) is 45.3 Å². The number of aromatic hydroxyl groups is 1. The van der Waals surface area contributed by atoms with Crippen LogP contribution in [0, 0.1) is 11.8 Å². The lowest BCUT2D eigenvalue weighted by molar-refractivity contribution is -0.167. The Bertz CT molecular complexity index is 516. The minimum atomic E-state index is -0.124. The second-order valence-electron chi connectivity index (χ2n) is 6.42. The highest BCUT2D eigenvalue weighted by Gasteiger charge is 2.45. The fraction of sp³-hybridized carbons (Fsp3) is 0.529. The van der Waals surface area contributed by atoms with E-state index in [9.17, 15) is 5.11 Å². The molecule has 1 N–H and O–H groups in total. The van der Waals surface area contributed by atoms with Gasteiger partial charge in [0.25, 0.3) is 0 Å². The van der Waals surface area contributed by atoms with E-state index >= 15 is 0 Å². The third kappa shape index (κ3) is 2.08. The number of hydrogen-bond acceptors (Lipinski definition) is 2. The lowest BCUT2D eigenvalue weighted by Gasteiger charge is -2.49. The topological polar surface area (TPSA) is 29.5 Å². The Morgan fingerprint density at radius 1 is 1.26 bits per heavy atom. The standard InChI is InChI=1S/C17H22O2/c1-11-8-9-12-10-14(11)16(19-17(12,2)3)13-6-4-5-7-15(13)18/h4-8,12,14,16,18H,9-10H2,1-3H3/t12?,14?,16-/m1/s1. The lowest BCUT2D eigenvalue weighted by Crippen LogP contribution is -2.45. The fourth-order valence-corrected chi connectivity index (χ4v) is 3.51. The van der Waals surface area contributed by atoms with Gasteiger partial charge >= 0.3 is 0 Å². The molecule has 3 atom stereocenters. The predicted molar refractivity (Wildman–Crippen MR) is 76.0 cm³/mol. The number of fused-ring (bicyclic) bond motifs is 2. The summed E-state index contributed by atoms with van der Waals surface area (Å²) in [5.74, 6) is 1.34. The fourth-order valence-electron chi connectivity index (χ4n) is 3.51. The monoisotopic (exact) mass is 258 g/mol. The molecule has 2 nitrogen and oxygen atoms in total. The van der Waals surface area contributed by atoms with Gasteiger partial charge in [-0.25, -0.2) is 0 Å². The van der Waals surface area contributed by atoms with Crippen molar-refractivity contribution in [2.75, 3.05) is 0 Å². The van der Waals surface area contributed by atoms with Crippen molar-refractivity contribution in [2.24, 2.45) is 11.8 Å². The molecule has 1 aliphatic heterocycles. The zero-order valence-electron chi connectivity index (χ0n) is 11.9. The third-order valence-electron chi connectivity index (χ3n) is 4.87. The highest BCUT2D eigenvalue weighted by atomic mass is 16.5. The highest BCUT2D eigenvalue weighted by molar-refractivity contribution is 5.36. The number of para-hydroxylation sites is 1. The maximum Gasteiger partial charge on any atom is 0.121 e. The second-order valence-corrected chi connectivity index (χ2v) is 6.42. The van der Waals surface area contributed by atoms with Crippen LogP contribution < -0.4 is 0 Å². The van der Waals surface area contributed by atoms with Crippen LogP contribution in [0.15, 0.2) is 35.9 Å². The van der Waals surface area contributed by atoms with E-state index in [-0.39, 0.29) is 11.7 Å². The Hall–Kier alpha value is -1.28. The summed E-state index contributed by atoms with van der Waals surface area (Å²) in [6.07, 6.45) is 4.61. The summed E-state index contributed by atoms with van der Waals surface area (Å²) in [6.45, 7) is 6.54. The van der Waals surface area contributed by atoms with Crippen molar-refractivity contribution < 1.29 is 9.84 Å². The van der Waals surface area contributed by atoms with Gasteiger partial charge in [0.1, 0.15) is 5.75 Å². The molecule has 0 amide bonds. The van der Waals surface area contributed by atoms with Gasteiger partial charge in [0.05, 0.1) is 11.7 Å². The third-order valence-corrected chi connectivity index (χ3v) is 4.87. The normalized spacial score (nSPS) is 32.8. The van der Waals surface area contributed by atoms with E-state index in [0.29, 0.717) is 17.6 Å². The number of phenols is 1. The van der Waals surface area contributed by atoms with Crippen LogP contribution in [0.2, 0.25) is 0 Å². The van der Waals surface area contributed by atoms with Crippen LogP contribution in [-0.4, -0.2) is 10.7 Å². The van der Waals surface area contributed by atoms with E-state index in [1.807, 2.05) is 18.2 Å². The second kappa shape index (κ2) is 4.38. The number of ether oxygens (including phenoxy) is 1. The van der Waals surface area contributed by atoms with Gasteiger partial charge in [-0.3, -0.25) is 0 Å². The Balaban J connectivity index is 2.03. The SMILES string of the molecule is CC1=CCC2CC1[C@@H](c1ccccc1O)OC2(C)C. The molecule has 1 aliphatic carbocycles. The number of rotatable bonds is 1. The van der Waals surface area contributed by atoms with E-state index in [4.69, 9.17) is 4.74 Å². The van der Waals surface area contributed by atoms with E-state index in [1.165, 1.54) is 5.57 Å². The minimum absolute atomic E-state index is 0.0241. The summed E-state index contributed by atoms with van der Waals surface area (Å²) in [6, 6.07) is 7.57. The van der Waals surface area contributed by atoms with Crippen LogP contribution in [0.5, 0.6) is 5.75 Å². The molecule has 1 saturated heterocycles. The molecule has 2 bridgehead atoms. The van der Waals surface area contributed by atoms with Crippen molar-refractivity contribution >= 4 is 0 Å². The molecule has 1 fully saturated rings. The molecular weight excluding hydrogens is 236 g/mol. The molecule has 0 radical (unpaired) electrons. The average molecular weight is 258 g/mol. The number of hydrogen-bond donors (Lipinski definition) is 1. The number of allylic oxidation sites excluding steroid dienone is 1. The van der Waals surface area contributed by atoms with Crippen LogP contribution in [0.3, 0.4) is 0 Å². The molecule has 1 heterocycles. The van der Waals surface area contributed by atoms with Gasteiger partial charge < -0.3 is 9.84 Å². The Morgan fingerprint density at radius 2 is 2.00 bits per heavy atom. The van der Waals surface area contributed by atoms with Crippen molar-refractivity contribution in [1.82, 2.24) is 0 Å². The molecule has 2 aliphatic rings. The van der Waals surface area contributed by atoms with Crippen molar-refractivity contribution in [3.63, 3.8) is 0 Å². The minimum Gasteiger partial charge on any atom is -0.508 e. The molecule has 0 aromatic heterocycles. The summed E-state index contributed by atoms with van der Waals surface area (Å²) in [5.41, 5.74) is 2.20. The van der Waals surface area contributed by atoms with Gasteiger partial charge in [-0.05, 0) is 45.6 Å². The Kier molecular flexibility index (Phi) is 2.94. The van der Waals surface area contributed by atoms with Gasteiger partial charge in [-0.2, -0.15) is 0 Å². The lowest BCUT2D eigenvalue weighted by atomic mass is 9.68. The van der Waals surface area contributed by atoms with Gasteiger partial charge in [0.15, 0.2) is 0 Å². The van der Waals surface area contributed by atoms with E-state index in [2.05, 4.69) is 26.8 Å². The summed E-state index contributed by atoms with van der Waals surface area (Å²) < 4.78 is 6.38. The summed E-state index contributed by atoms with van der Waals surface area (Å²) >= 11 is 0. The van der Waals surface area contributed by atoms with Crippen molar-refractivity contribution in [3.05, 3.63) is 41.5 Å². The van der Waals surface area contributed by atoms with Gasteiger partial charge in [0.2, 0.25) is 0 Å². The van der Waals surface area contributed by atoms with Crippen molar-refractivity contribution in [2.45, 2.75) is 45.3 Å². The van der Waals surface area contributed by atoms with E-state index in [1.54, 1.807) is 6.07 Å². The van der Waals surface area contributed by atoms with E-state index < -0.39 is 0 Å². The molecule has 0 saturated carbocycles. The molecule has 0 spiro atoms. The van der Waals surface area contributed by atoms with Gasteiger partial charge in [-0.1, -0.05) is 29.8 Å². The molecule has 19 heavy (non-hydrogen) atoms. The van der Waals surface area contributed by atoms with Crippen LogP contribution in [0.4, 0.5) is 0 Å². The zero-order chi connectivity index (χ0) is 13.6. The Morgan fingerprint density at radius 3 is 2.74 bits per heavy atom. The average Bonchev–Trinajstić information content (AvgIpc) is 2.37. The van der Waals surface area contributed by atoms with Crippen molar-refractivity contribution in [3.8, 4) is 5.75 Å². The molecule has 102 valence electrons. The molecule has 3 rings (SSSR count). The summed E-state index contributed by atoms with van der Waals surface area (Å²) in [7, 11) is 0. The number of phenolic OH excluding ortho intramolecular Hbond substituents is 1. The largest absolute Gasteiger partial charge is 0.508 e.